The van der Waals surface area contributed by atoms with Crippen molar-refractivity contribution in [3.63, 3.8) is 0 Å². The number of nitrogens with zero attached hydrogens (tertiary/aromatic N) is 1. The summed E-state index contributed by atoms with van der Waals surface area (Å²) in [4.78, 5) is 26.6. The highest BCUT2D eigenvalue weighted by atomic mass is 35.5. The average molecular weight is 408 g/mol. The lowest BCUT2D eigenvalue weighted by Gasteiger charge is -2.24. The number of para-hydroxylation sites is 2. The average Bonchev–Trinajstić information content (AvgIpc) is 3.22. The third-order valence-corrected chi connectivity index (χ3v) is 4.53. The van der Waals surface area contributed by atoms with Gasteiger partial charge in [0.25, 0.3) is 11.8 Å². The maximum absolute atomic E-state index is 13.6. The van der Waals surface area contributed by atoms with Crippen LogP contribution in [0.4, 0.5) is 10.1 Å². The van der Waals surface area contributed by atoms with E-state index in [1.807, 2.05) is 0 Å². The molecule has 1 unspecified atom stereocenters. The van der Waals surface area contributed by atoms with Crippen LogP contribution in [0.25, 0.3) is 0 Å². The Labute approximate surface area is 169 Å². The Morgan fingerprint density at radius 2 is 1.93 bits per heavy atom. The molecule has 150 valence electrons. The number of benzene rings is 2. The Bertz CT molecular complexity index is 828. The molecule has 1 saturated heterocycles. The summed E-state index contributed by atoms with van der Waals surface area (Å²) in [5.74, 6) is -0.860. The number of anilines is 1. The standard InChI is InChI=1S/C20H22FN3O3.ClH/c1-24(14-10-11-22-12-14)20(26)15-6-2-5-9-18(15)27-13-19(25)23-17-8-4-3-7-16(17)21;/h2-9,14,22H,10-13H2,1H3,(H,23,25);1H. The van der Waals surface area contributed by atoms with Gasteiger partial charge in [-0.15, -0.1) is 12.4 Å². The molecule has 28 heavy (non-hydrogen) atoms. The molecule has 8 heteroatoms. The number of halogens is 2. The van der Waals surface area contributed by atoms with Crippen LogP contribution in [0.2, 0.25) is 0 Å². The van der Waals surface area contributed by atoms with Crippen LogP contribution in [-0.2, 0) is 4.79 Å². The number of carbonyl (C=O) groups is 2. The summed E-state index contributed by atoms with van der Waals surface area (Å²) in [6, 6.07) is 12.8. The molecule has 1 fully saturated rings. The highest BCUT2D eigenvalue weighted by Crippen LogP contribution is 2.21. The first kappa shape index (κ1) is 21.7. The molecule has 1 aliphatic rings. The van der Waals surface area contributed by atoms with E-state index in [-0.39, 0.29) is 36.7 Å². The van der Waals surface area contributed by atoms with Crippen LogP contribution in [-0.4, -0.2) is 49.5 Å². The van der Waals surface area contributed by atoms with Gasteiger partial charge in [-0.1, -0.05) is 24.3 Å². The van der Waals surface area contributed by atoms with Crippen molar-refractivity contribution >= 4 is 29.9 Å². The van der Waals surface area contributed by atoms with E-state index in [4.69, 9.17) is 4.74 Å². The van der Waals surface area contributed by atoms with Gasteiger partial charge in [-0.3, -0.25) is 9.59 Å². The maximum Gasteiger partial charge on any atom is 0.262 e. The zero-order valence-electron chi connectivity index (χ0n) is 15.5. The minimum Gasteiger partial charge on any atom is -0.483 e. The van der Waals surface area contributed by atoms with Gasteiger partial charge in [0.15, 0.2) is 6.61 Å². The highest BCUT2D eigenvalue weighted by molar-refractivity contribution is 5.97. The minimum absolute atomic E-state index is 0. The Hall–Kier alpha value is -2.64. The summed E-state index contributed by atoms with van der Waals surface area (Å²) < 4.78 is 19.2. The Morgan fingerprint density at radius 1 is 1.21 bits per heavy atom. The minimum atomic E-state index is -0.520. The van der Waals surface area contributed by atoms with E-state index in [9.17, 15) is 14.0 Å². The topological polar surface area (TPSA) is 70.7 Å². The van der Waals surface area contributed by atoms with Gasteiger partial charge < -0.3 is 20.3 Å². The van der Waals surface area contributed by atoms with Crippen LogP contribution in [0.1, 0.15) is 16.8 Å². The van der Waals surface area contributed by atoms with Crippen LogP contribution in [0.15, 0.2) is 48.5 Å². The Morgan fingerprint density at radius 3 is 2.64 bits per heavy atom. The Kier molecular flexibility index (Phi) is 7.78. The van der Waals surface area contributed by atoms with E-state index in [1.54, 1.807) is 48.3 Å². The number of rotatable bonds is 6. The molecule has 0 aliphatic carbocycles. The third-order valence-electron chi connectivity index (χ3n) is 4.53. The first-order valence-electron chi connectivity index (χ1n) is 8.80. The summed E-state index contributed by atoms with van der Waals surface area (Å²) in [7, 11) is 1.77. The van der Waals surface area contributed by atoms with Crippen LogP contribution in [0.5, 0.6) is 5.75 Å². The molecule has 2 aromatic carbocycles. The number of ether oxygens (including phenoxy) is 1. The van der Waals surface area contributed by atoms with E-state index in [0.717, 1.165) is 19.5 Å². The quantitative estimate of drug-likeness (QED) is 0.772. The molecule has 3 rings (SSSR count). The SMILES string of the molecule is CN(C(=O)c1ccccc1OCC(=O)Nc1ccccc1F)C1CCNC1.Cl. The zero-order valence-corrected chi connectivity index (χ0v) is 16.3. The van der Waals surface area contributed by atoms with E-state index in [2.05, 4.69) is 10.6 Å². The van der Waals surface area contributed by atoms with Crippen molar-refractivity contribution in [2.24, 2.45) is 0 Å². The monoisotopic (exact) mass is 407 g/mol. The number of amides is 2. The van der Waals surface area contributed by atoms with Gasteiger partial charge in [-0.05, 0) is 37.2 Å². The predicted octanol–water partition coefficient (Wildman–Crippen LogP) is 2.70. The molecule has 6 nitrogen and oxygen atoms in total. The second-order valence-corrected chi connectivity index (χ2v) is 6.38. The number of hydrogen-bond donors (Lipinski definition) is 2. The molecule has 1 atom stereocenters. The molecule has 0 bridgehead atoms. The van der Waals surface area contributed by atoms with Crippen LogP contribution < -0.4 is 15.4 Å². The lowest BCUT2D eigenvalue weighted by molar-refractivity contribution is -0.118. The van der Waals surface area contributed by atoms with Crippen molar-refractivity contribution in [2.75, 3.05) is 32.1 Å². The van der Waals surface area contributed by atoms with Crippen molar-refractivity contribution in [3.05, 3.63) is 59.9 Å². The van der Waals surface area contributed by atoms with Gasteiger partial charge in [0.1, 0.15) is 11.6 Å². The zero-order chi connectivity index (χ0) is 19.2. The number of nitrogens with one attached hydrogen (secondary N) is 2. The molecule has 2 amide bonds. The fourth-order valence-electron chi connectivity index (χ4n) is 2.99. The molecular formula is C20H23ClFN3O3. The second kappa shape index (κ2) is 10.1. The van der Waals surface area contributed by atoms with Crippen LogP contribution in [0, 0.1) is 5.82 Å². The van der Waals surface area contributed by atoms with E-state index >= 15 is 0 Å². The third kappa shape index (κ3) is 5.21. The fraction of sp³-hybridized carbons (Fsp3) is 0.300. The Balaban J connectivity index is 0.00000280. The van der Waals surface area contributed by atoms with Crippen LogP contribution >= 0.6 is 12.4 Å². The molecule has 2 N–H and O–H groups in total. The lowest BCUT2D eigenvalue weighted by atomic mass is 10.1. The van der Waals surface area contributed by atoms with Crippen molar-refractivity contribution < 1.29 is 18.7 Å². The molecule has 0 saturated carbocycles. The van der Waals surface area contributed by atoms with Gasteiger partial charge in [-0.2, -0.15) is 0 Å². The van der Waals surface area contributed by atoms with Gasteiger partial charge in [0.05, 0.1) is 11.3 Å². The van der Waals surface area contributed by atoms with Crippen molar-refractivity contribution in [1.82, 2.24) is 10.2 Å². The van der Waals surface area contributed by atoms with E-state index in [1.165, 1.54) is 12.1 Å². The van der Waals surface area contributed by atoms with E-state index < -0.39 is 11.7 Å². The van der Waals surface area contributed by atoms with Crippen molar-refractivity contribution in [2.45, 2.75) is 12.5 Å². The molecular weight excluding hydrogens is 385 g/mol. The van der Waals surface area contributed by atoms with Gasteiger partial charge in [0.2, 0.25) is 0 Å². The summed E-state index contributed by atoms with van der Waals surface area (Å²) >= 11 is 0. The molecule has 0 aromatic heterocycles. The number of likely N-dealkylation sites (N-methyl/N-ethyl adjacent to an activating group) is 1. The van der Waals surface area contributed by atoms with Crippen molar-refractivity contribution in [3.8, 4) is 5.75 Å². The summed E-state index contributed by atoms with van der Waals surface area (Å²) in [6.07, 6.45) is 0.899. The molecule has 1 heterocycles. The first-order chi connectivity index (χ1) is 13.1. The molecule has 0 spiro atoms. The van der Waals surface area contributed by atoms with Crippen LogP contribution in [0.3, 0.4) is 0 Å². The molecule has 0 radical (unpaired) electrons. The fourth-order valence-corrected chi connectivity index (χ4v) is 2.99. The smallest absolute Gasteiger partial charge is 0.262 e. The van der Waals surface area contributed by atoms with Gasteiger partial charge in [0, 0.05) is 19.6 Å². The predicted molar refractivity (Wildman–Crippen MR) is 108 cm³/mol. The highest BCUT2D eigenvalue weighted by Gasteiger charge is 2.26. The number of hydrogen-bond acceptors (Lipinski definition) is 4. The summed E-state index contributed by atoms with van der Waals surface area (Å²) in [6.45, 7) is 1.32. The normalized spacial score (nSPS) is 15.4. The van der Waals surface area contributed by atoms with Gasteiger partial charge in [-0.25, -0.2) is 4.39 Å². The van der Waals surface area contributed by atoms with Gasteiger partial charge >= 0.3 is 0 Å². The molecule has 2 aromatic rings. The lowest BCUT2D eigenvalue weighted by Crippen LogP contribution is -2.38. The summed E-state index contributed by atoms with van der Waals surface area (Å²) in [5, 5.41) is 5.69. The van der Waals surface area contributed by atoms with Crippen molar-refractivity contribution in [1.29, 1.82) is 0 Å². The maximum atomic E-state index is 13.6. The second-order valence-electron chi connectivity index (χ2n) is 6.38. The van der Waals surface area contributed by atoms with E-state index in [0.29, 0.717) is 11.3 Å². The summed E-state index contributed by atoms with van der Waals surface area (Å²) in [5.41, 5.74) is 0.481. The molecule has 1 aliphatic heterocycles. The first-order valence-corrected chi connectivity index (χ1v) is 8.80. The largest absolute Gasteiger partial charge is 0.483 e. The number of carbonyl (C=O) groups excluding carboxylic acids is 2.